The summed E-state index contributed by atoms with van der Waals surface area (Å²) in [5.41, 5.74) is 0. The first-order chi connectivity index (χ1) is 6.97. The van der Waals surface area contributed by atoms with Gasteiger partial charge in [0.2, 0.25) is 0 Å². The number of hydrogen-bond acceptors (Lipinski definition) is 1. The van der Waals surface area contributed by atoms with Crippen LogP contribution in [0.25, 0.3) is 0 Å². The second-order valence-electron chi connectivity index (χ2n) is 4.29. The third-order valence-electron chi connectivity index (χ3n) is 3.21. The summed E-state index contributed by atoms with van der Waals surface area (Å²) in [5, 5.41) is 1.64. The van der Waals surface area contributed by atoms with E-state index in [0.29, 0.717) is 0 Å². The van der Waals surface area contributed by atoms with Crippen molar-refractivity contribution in [3.05, 3.63) is 11.5 Å². The molecule has 1 aromatic heterocycles. The molecule has 0 bridgehead atoms. The number of hydrogen-bond donors (Lipinski definition) is 0. The highest BCUT2D eigenvalue weighted by Crippen LogP contribution is 2.37. The van der Waals surface area contributed by atoms with Crippen LogP contribution in [0.15, 0.2) is 6.20 Å². The van der Waals surface area contributed by atoms with Crippen molar-refractivity contribution < 1.29 is 0 Å². The van der Waals surface area contributed by atoms with E-state index >= 15 is 0 Å². The number of nitrogens with zero attached hydrogens (tertiary/aromatic N) is 1. The normalized spacial score (nSPS) is 22.3. The van der Waals surface area contributed by atoms with Crippen molar-refractivity contribution in [3.8, 4) is 0 Å². The first kappa shape index (κ1) is 10.7. The standard InChI is InChI=1S/C11H19NP2/c1-2-4-6-8-10(7-5-3-1)11-9-12-14-13-11/h9-10,14H,1-8H2. The zero-order valence-electron chi connectivity index (χ0n) is 8.71. The molecule has 1 heterocycles. The molecule has 1 nitrogen and oxygen atoms in total. The predicted octanol–water partition coefficient (Wildman–Crippen LogP) is 4.91. The lowest BCUT2D eigenvalue weighted by Gasteiger charge is -2.12. The molecule has 3 heteroatoms. The minimum atomic E-state index is 0.812. The Kier molecular flexibility index (Phi) is 4.48. The van der Waals surface area contributed by atoms with Gasteiger partial charge in [-0.05, 0) is 34.7 Å². The Morgan fingerprint density at radius 3 is 2.29 bits per heavy atom. The van der Waals surface area contributed by atoms with Crippen LogP contribution in [-0.2, 0) is 0 Å². The van der Waals surface area contributed by atoms with Crippen molar-refractivity contribution in [2.45, 2.75) is 57.3 Å². The number of rotatable bonds is 1. The summed E-state index contributed by atoms with van der Waals surface area (Å²) in [7, 11) is 2.33. The minimum Gasteiger partial charge on any atom is -0.244 e. The van der Waals surface area contributed by atoms with Gasteiger partial charge in [0.05, 0.1) is 0 Å². The molecule has 14 heavy (non-hydrogen) atoms. The maximum absolute atomic E-state index is 4.37. The molecule has 1 aromatic rings. The number of aromatic nitrogens is 1. The summed E-state index contributed by atoms with van der Waals surface area (Å²) < 4.78 is 4.37. The molecule has 0 aliphatic heterocycles. The predicted molar refractivity (Wildman–Crippen MR) is 65.9 cm³/mol. The average molecular weight is 227 g/mol. The van der Waals surface area contributed by atoms with Gasteiger partial charge in [0.1, 0.15) is 0 Å². The molecule has 0 aromatic carbocycles. The Bertz CT molecular complexity index is 236. The van der Waals surface area contributed by atoms with Gasteiger partial charge in [-0.15, -0.1) is 0 Å². The van der Waals surface area contributed by atoms with Crippen molar-refractivity contribution in [1.29, 1.82) is 0 Å². The van der Waals surface area contributed by atoms with Crippen LogP contribution < -0.4 is 0 Å². The van der Waals surface area contributed by atoms with Crippen molar-refractivity contribution in [1.82, 2.24) is 4.75 Å². The van der Waals surface area contributed by atoms with E-state index < -0.39 is 0 Å². The van der Waals surface area contributed by atoms with Gasteiger partial charge in [0.25, 0.3) is 0 Å². The maximum Gasteiger partial charge on any atom is 0.0394 e. The third kappa shape index (κ3) is 3.07. The van der Waals surface area contributed by atoms with Gasteiger partial charge in [-0.1, -0.05) is 38.5 Å². The smallest absolute Gasteiger partial charge is 0.0394 e. The molecule has 1 fully saturated rings. The fourth-order valence-corrected chi connectivity index (χ4v) is 4.78. The summed E-state index contributed by atoms with van der Waals surface area (Å²) in [6, 6.07) is 0. The van der Waals surface area contributed by atoms with Gasteiger partial charge in [-0.25, -0.2) is 4.75 Å². The average Bonchev–Trinajstić information content (AvgIpc) is 2.75. The molecule has 1 unspecified atom stereocenters. The second kappa shape index (κ2) is 5.89. The Balaban J connectivity index is 1.94. The van der Waals surface area contributed by atoms with Gasteiger partial charge in [-0.2, -0.15) is 0 Å². The molecule has 0 saturated heterocycles. The Morgan fingerprint density at radius 1 is 1.07 bits per heavy atom. The van der Waals surface area contributed by atoms with Crippen LogP contribution in [0.1, 0.15) is 62.6 Å². The van der Waals surface area contributed by atoms with E-state index in [4.69, 9.17) is 0 Å². The molecule has 1 saturated carbocycles. The van der Waals surface area contributed by atoms with Crippen LogP contribution in [-0.4, -0.2) is 4.75 Å². The van der Waals surface area contributed by atoms with E-state index in [1.165, 1.54) is 59.2 Å². The zero-order chi connectivity index (χ0) is 9.64. The van der Waals surface area contributed by atoms with Crippen molar-refractivity contribution in [2.75, 3.05) is 0 Å². The van der Waals surface area contributed by atoms with Crippen molar-refractivity contribution >= 4 is 15.9 Å². The van der Waals surface area contributed by atoms with Gasteiger partial charge >= 0.3 is 0 Å². The van der Waals surface area contributed by atoms with E-state index in [0.717, 1.165) is 13.9 Å². The molecule has 78 valence electrons. The monoisotopic (exact) mass is 227 g/mol. The summed E-state index contributed by atoms with van der Waals surface area (Å²) in [6.45, 7) is 0. The lowest BCUT2D eigenvalue weighted by Crippen LogP contribution is -1.95. The summed E-state index contributed by atoms with van der Waals surface area (Å²) in [6.07, 6.45) is 13.8. The van der Waals surface area contributed by atoms with E-state index in [9.17, 15) is 0 Å². The Morgan fingerprint density at radius 2 is 1.71 bits per heavy atom. The van der Waals surface area contributed by atoms with E-state index in [2.05, 4.69) is 10.9 Å². The van der Waals surface area contributed by atoms with Crippen LogP contribution in [0, 0.1) is 0 Å². The first-order valence-electron chi connectivity index (χ1n) is 5.82. The molecule has 1 atom stereocenters. The van der Waals surface area contributed by atoms with E-state index in [1.54, 1.807) is 5.30 Å². The van der Waals surface area contributed by atoms with Crippen molar-refractivity contribution in [2.24, 2.45) is 0 Å². The molecule has 1 aliphatic rings. The summed E-state index contributed by atoms with van der Waals surface area (Å²) in [4.78, 5) is 0. The fraction of sp³-hybridized carbons (Fsp3) is 0.818. The van der Waals surface area contributed by atoms with Crippen LogP contribution in [0.3, 0.4) is 0 Å². The topological polar surface area (TPSA) is 12.9 Å². The highest BCUT2D eigenvalue weighted by atomic mass is 31.8. The van der Waals surface area contributed by atoms with Crippen LogP contribution in [0.2, 0.25) is 0 Å². The van der Waals surface area contributed by atoms with Gasteiger partial charge in [-0.3, -0.25) is 0 Å². The minimum absolute atomic E-state index is 0.812. The Hall–Kier alpha value is 0.140. The molecule has 0 N–H and O–H groups in total. The van der Waals surface area contributed by atoms with Gasteiger partial charge < -0.3 is 0 Å². The second-order valence-corrected chi connectivity index (χ2v) is 6.76. The summed E-state index contributed by atoms with van der Waals surface area (Å²) in [5.74, 6) is 0.883. The Labute approximate surface area is 89.9 Å². The third-order valence-corrected chi connectivity index (χ3v) is 5.71. The molecule has 0 radical (unpaired) electrons. The largest absolute Gasteiger partial charge is 0.244 e. The summed E-state index contributed by atoms with van der Waals surface area (Å²) >= 11 is 0. The van der Waals surface area contributed by atoms with Gasteiger partial charge in [0, 0.05) is 11.5 Å². The highest BCUT2D eigenvalue weighted by molar-refractivity contribution is 7.89. The molecule has 1 aliphatic carbocycles. The van der Waals surface area contributed by atoms with Crippen molar-refractivity contribution in [3.63, 3.8) is 0 Å². The molecule has 0 amide bonds. The van der Waals surface area contributed by atoms with Crippen LogP contribution in [0.5, 0.6) is 0 Å². The molecule has 0 spiro atoms. The van der Waals surface area contributed by atoms with E-state index in [-0.39, 0.29) is 0 Å². The fourth-order valence-electron chi connectivity index (χ4n) is 2.34. The molecular weight excluding hydrogens is 208 g/mol. The van der Waals surface area contributed by atoms with Crippen LogP contribution >= 0.6 is 15.9 Å². The quantitative estimate of drug-likeness (QED) is 0.664. The maximum atomic E-state index is 4.37. The zero-order valence-corrected chi connectivity index (χ0v) is 10.6. The van der Waals surface area contributed by atoms with E-state index in [1.807, 2.05) is 0 Å². The molecule has 2 rings (SSSR count). The highest BCUT2D eigenvalue weighted by Gasteiger charge is 2.13. The first-order valence-corrected chi connectivity index (χ1v) is 8.51. The van der Waals surface area contributed by atoms with Crippen LogP contribution in [0.4, 0.5) is 0 Å². The molecular formula is C11H19NP2. The lowest BCUT2D eigenvalue weighted by atomic mass is 9.96. The lowest BCUT2D eigenvalue weighted by molar-refractivity contribution is 0.546. The SMILES string of the molecule is c1n[pH]pc1C1CCCCCCCC1. The van der Waals surface area contributed by atoms with Gasteiger partial charge in [0.15, 0.2) is 0 Å².